The Kier molecular flexibility index (Phi) is 4.15. The first kappa shape index (κ1) is 12.8. The Labute approximate surface area is 108 Å². The highest BCUT2D eigenvalue weighted by Crippen LogP contribution is 2.20. The molecule has 1 aromatic rings. The van der Waals surface area contributed by atoms with Gasteiger partial charge >= 0.3 is 0 Å². The van der Waals surface area contributed by atoms with E-state index in [9.17, 15) is 4.79 Å². The van der Waals surface area contributed by atoms with Crippen molar-refractivity contribution in [2.24, 2.45) is 0 Å². The predicted molar refractivity (Wildman–Crippen MR) is 71.9 cm³/mol. The number of likely N-dealkylation sites (N-methyl/N-ethyl adjacent to an activating group) is 1. The van der Waals surface area contributed by atoms with Crippen molar-refractivity contribution in [2.45, 2.75) is 19.4 Å². The third-order valence-corrected chi connectivity index (χ3v) is 3.35. The van der Waals surface area contributed by atoms with Crippen LogP contribution in [0.15, 0.2) is 18.3 Å². The van der Waals surface area contributed by atoms with Crippen molar-refractivity contribution in [3.05, 3.63) is 24.0 Å². The minimum Gasteiger partial charge on any atom is -0.367 e. The van der Waals surface area contributed by atoms with Crippen LogP contribution in [0.4, 0.5) is 5.69 Å². The molecule has 0 aliphatic carbocycles. The Morgan fingerprint density at radius 2 is 2.50 bits per heavy atom. The van der Waals surface area contributed by atoms with Crippen molar-refractivity contribution in [2.75, 3.05) is 31.6 Å². The SMILES string of the molecule is CCN(c1ccnc(C(=O)NC)c1)C1CCNC1. The van der Waals surface area contributed by atoms with Crippen molar-refractivity contribution in [1.29, 1.82) is 0 Å². The van der Waals surface area contributed by atoms with E-state index in [1.54, 1.807) is 13.2 Å². The molecule has 2 N–H and O–H groups in total. The molecule has 0 aromatic carbocycles. The average Bonchev–Trinajstić information content (AvgIpc) is 2.93. The maximum Gasteiger partial charge on any atom is 0.269 e. The van der Waals surface area contributed by atoms with Crippen molar-refractivity contribution >= 4 is 11.6 Å². The maximum atomic E-state index is 11.6. The van der Waals surface area contributed by atoms with Crippen molar-refractivity contribution in [1.82, 2.24) is 15.6 Å². The van der Waals surface area contributed by atoms with Gasteiger partial charge in [0.1, 0.15) is 5.69 Å². The molecular formula is C13H20N4O. The number of carbonyl (C=O) groups is 1. The van der Waals surface area contributed by atoms with Gasteiger partial charge in [0.25, 0.3) is 5.91 Å². The molecule has 98 valence electrons. The highest BCUT2D eigenvalue weighted by molar-refractivity contribution is 5.92. The Morgan fingerprint density at radius 1 is 1.67 bits per heavy atom. The molecule has 2 heterocycles. The summed E-state index contributed by atoms with van der Waals surface area (Å²) >= 11 is 0. The molecule has 5 nitrogen and oxygen atoms in total. The van der Waals surface area contributed by atoms with Gasteiger partial charge in [-0.3, -0.25) is 9.78 Å². The summed E-state index contributed by atoms with van der Waals surface area (Å²) in [6.45, 7) is 5.14. The second kappa shape index (κ2) is 5.82. The number of rotatable bonds is 4. The zero-order valence-corrected chi connectivity index (χ0v) is 10.9. The van der Waals surface area contributed by atoms with E-state index in [0.717, 1.165) is 31.7 Å². The van der Waals surface area contributed by atoms with Crippen molar-refractivity contribution in [3.63, 3.8) is 0 Å². The smallest absolute Gasteiger partial charge is 0.269 e. The zero-order chi connectivity index (χ0) is 13.0. The number of anilines is 1. The molecule has 1 fully saturated rings. The molecule has 0 radical (unpaired) electrons. The number of carbonyl (C=O) groups excluding carboxylic acids is 1. The quantitative estimate of drug-likeness (QED) is 0.820. The van der Waals surface area contributed by atoms with Gasteiger partial charge in [0.15, 0.2) is 0 Å². The topological polar surface area (TPSA) is 57.3 Å². The van der Waals surface area contributed by atoms with Gasteiger partial charge in [-0.15, -0.1) is 0 Å². The lowest BCUT2D eigenvalue weighted by Gasteiger charge is -2.29. The molecule has 5 heteroatoms. The molecule has 0 spiro atoms. The van der Waals surface area contributed by atoms with E-state index in [1.807, 2.05) is 12.1 Å². The predicted octanol–water partition coefficient (Wildman–Crippen LogP) is 0.629. The normalized spacial score (nSPS) is 18.7. The van der Waals surface area contributed by atoms with E-state index < -0.39 is 0 Å². The van der Waals surface area contributed by atoms with Crippen LogP contribution < -0.4 is 15.5 Å². The highest BCUT2D eigenvalue weighted by atomic mass is 16.1. The molecule has 1 atom stereocenters. The lowest BCUT2D eigenvalue weighted by Crippen LogP contribution is -2.37. The first-order valence-electron chi connectivity index (χ1n) is 6.41. The molecule has 18 heavy (non-hydrogen) atoms. The molecule has 1 unspecified atom stereocenters. The summed E-state index contributed by atoms with van der Waals surface area (Å²) in [4.78, 5) is 18.0. The zero-order valence-electron chi connectivity index (χ0n) is 10.9. The van der Waals surface area contributed by atoms with Crippen LogP contribution >= 0.6 is 0 Å². The van der Waals surface area contributed by atoms with E-state index >= 15 is 0 Å². The molecule has 1 aromatic heterocycles. The van der Waals surface area contributed by atoms with Gasteiger partial charge in [0.05, 0.1) is 0 Å². The van der Waals surface area contributed by atoms with Crippen LogP contribution in [0.3, 0.4) is 0 Å². The van der Waals surface area contributed by atoms with Gasteiger partial charge < -0.3 is 15.5 Å². The maximum absolute atomic E-state index is 11.6. The molecule has 0 bridgehead atoms. The fourth-order valence-corrected chi connectivity index (χ4v) is 2.41. The van der Waals surface area contributed by atoms with E-state index in [0.29, 0.717) is 11.7 Å². The monoisotopic (exact) mass is 248 g/mol. The van der Waals surface area contributed by atoms with Crippen molar-refractivity contribution < 1.29 is 4.79 Å². The van der Waals surface area contributed by atoms with Crippen LogP contribution in [0.1, 0.15) is 23.8 Å². The minimum absolute atomic E-state index is 0.141. The number of hydrogen-bond acceptors (Lipinski definition) is 4. The Balaban J connectivity index is 2.22. The molecule has 1 saturated heterocycles. The van der Waals surface area contributed by atoms with Gasteiger partial charge in [0, 0.05) is 38.1 Å². The van der Waals surface area contributed by atoms with Gasteiger partial charge in [-0.2, -0.15) is 0 Å². The number of aromatic nitrogens is 1. The number of pyridine rings is 1. The van der Waals surface area contributed by atoms with Crippen LogP contribution in [0.2, 0.25) is 0 Å². The van der Waals surface area contributed by atoms with Crippen LogP contribution in [-0.4, -0.2) is 43.6 Å². The second-order valence-corrected chi connectivity index (χ2v) is 4.41. The fraction of sp³-hybridized carbons (Fsp3) is 0.538. The van der Waals surface area contributed by atoms with Gasteiger partial charge in [-0.25, -0.2) is 0 Å². The molecule has 0 saturated carbocycles. The summed E-state index contributed by atoms with van der Waals surface area (Å²) in [5.41, 5.74) is 1.54. The van der Waals surface area contributed by atoms with E-state index in [2.05, 4.69) is 27.4 Å². The molecular weight excluding hydrogens is 228 g/mol. The molecule has 1 amide bonds. The second-order valence-electron chi connectivity index (χ2n) is 4.41. The van der Waals surface area contributed by atoms with Gasteiger partial charge in [0.2, 0.25) is 0 Å². The van der Waals surface area contributed by atoms with Crippen LogP contribution in [0, 0.1) is 0 Å². The Bertz CT molecular complexity index is 415. The van der Waals surface area contributed by atoms with E-state index in [1.165, 1.54) is 0 Å². The van der Waals surface area contributed by atoms with E-state index in [4.69, 9.17) is 0 Å². The summed E-state index contributed by atoms with van der Waals surface area (Å²) in [6, 6.07) is 4.34. The molecule has 1 aliphatic heterocycles. The number of nitrogens with one attached hydrogen (secondary N) is 2. The Morgan fingerprint density at radius 3 is 3.11 bits per heavy atom. The summed E-state index contributed by atoms with van der Waals surface area (Å²) in [7, 11) is 1.62. The Hall–Kier alpha value is -1.62. The largest absolute Gasteiger partial charge is 0.367 e. The van der Waals surface area contributed by atoms with E-state index in [-0.39, 0.29) is 5.91 Å². The minimum atomic E-state index is -0.141. The molecule has 2 rings (SSSR count). The van der Waals surface area contributed by atoms with Gasteiger partial charge in [-0.05, 0) is 32.0 Å². The third kappa shape index (κ3) is 2.61. The summed E-state index contributed by atoms with van der Waals surface area (Å²) in [6.07, 6.45) is 2.84. The summed E-state index contributed by atoms with van der Waals surface area (Å²) in [5.74, 6) is -0.141. The first-order chi connectivity index (χ1) is 8.76. The van der Waals surface area contributed by atoms with Crippen LogP contribution in [0.5, 0.6) is 0 Å². The lowest BCUT2D eigenvalue weighted by molar-refractivity contribution is 0.0958. The van der Waals surface area contributed by atoms with Crippen LogP contribution in [0.25, 0.3) is 0 Å². The first-order valence-corrected chi connectivity index (χ1v) is 6.41. The highest BCUT2D eigenvalue weighted by Gasteiger charge is 2.22. The van der Waals surface area contributed by atoms with Crippen LogP contribution in [-0.2, 0) is 0 Å². The average molecular weight is 248 g/mol. The lowest BCUT2D eigenvalue weighted by atomic mass is 10.2. The molecule has 1 aliphatic rings. The van der Waals surface area contributed by atoms with Crippen molar-refractivity contribution in [3.8, 4) is 0 Å². The number of nitrogens with zero attached hydrogens (tertiary/aromatic N) is 2. The van der Waals surface area contributed by atoms with Gasteiger partial charge in [-0.1, -0.05) is 0 Å². The third-order valence-electron chi connectivity index (χ3n) is 3.35. The number of amides is 1. The summed E-state index contributed by atoms with van der Waals surface area (Å²) < 4.78 is 0. The standard InChI is InChI=1S/C13H20N4O/c1-3-17(11-4-6-15-9-11)10-5-7-16-12(8-10)13(18)14-2/h5,7-8,11,15H,3-4,6,9H2,1-2H3,(H,14,18). The summed E-state index contributed by atoms with van der Waals surface area (Å²) in [5, 5.41) is 5.97. The number of hydrogen-bond donors (Lipinski definition) is 2. The fourth-order valence-electron chi connectivity index (χ4n) is 2.41.